The van der Waals surface area contributed by atoms with Crippen molar-refractivity contribution in [3.8, 4) is 0 Å². The van der Waals surface area contributed by atoms with Gasteiger partial charge in [0.05, 0.1) is 6.42 Å². The van der Waals surface area contributed by atoms with E-state index in [1.165, 1.54) is 122 Å². The molecule has 0 atom stereocenters. The molecule has 0 unspecified atom stereocenters. The zero-order chi connectivity index (χ0) is 23.5. The highest BCUT2D eigenvalue weighted by Crippen LogP contribution is 2.14. The number of ketones is 2. The number of carbonyl (C=O) groups excluding carboxylic acids is 2. The second-order valence-corrected chi connectivity index (χ2v) is 10.2. The molecule has 0 saturated carbocycles. The van der Waals surface area contributed by atoms with Crippen LogP contribution < -0.4 is 0 Å². The molecule has 0 fully saturated rings. The summed E-state index contributed by atoms with van der Waals surface area (Å²) in [7, 11) is 0. The van der Waals surface area contributed by atoms with Crippen LogP contribution in [0.1, 0.15) is 181 Å². The smallest absolute Gasteiger partial charge is 0.140 e. The predicted octanol–water partition coefficient (Wildman–Crippen LogP) is 10.3. The van der Waals surface area contributed by atoms with Crippen LogP contribution in [0.4, 0.5) is 0 Å². The van der Waals surface area contributed by atoms with Gasteiger partial charge in [-0.3, -0.25) is 9.59 Å². The van der Waals surface area contributed by atoms with Gasteiger partial charge >= 0.3 is 0 Å². The van der Waals surface area contributed by atoms with E-state index in [2.05, 4.69) is 13.8 Å². The maximum Gasteiger partial charge on any atom is 0.140 e. The van der Waals surface area contributed by atoms with Crippen molar-refractivity contribution in [3.05, 3.63) is 0 Å². The topological polar surface area (TPSA) is 34.1 Å². The molecule has 0 bridgehead atoms. The number of unbranched alkanes of at least 4 members (excludes halogenated alkanes) is 21. The van der Waals surface area contributed by atoms with Gasteiger partial charge in [-0.25, -0.2) is 0 Å². The fourth-order valence-electron chi connectivity index (χ4n) is 4.55. The van der Waals surface area contributed by atoms with Crippen molar-refractivity contribution in [3.63, 3.8) is 0 Å². The number of rotatable bonds is 27. The maximum atomic E-state index is 12.0. The first-order valence-electron chi connectivity index (χ1n) is 14.7. The Morgan fingerprint density at radius 1 is 0.344 bits per heavy atom. The van der Waals surface area contributed by atoms with Gasteiger partial charge in [0.2, 0.25) is 0 Å². The van der Waals surface area contributed by atoms with Gasteiger partial charge in [0.15, 0.2) is 0 Å². The Bertz CT molecular complexity index is 402. The molecule has 0 rings (SSSR count). The van der Waals surface area contributed by atoms with Crippen LogP contribution in [-0.4, -0.2) is 11.6 Å². The van der Waals surface area contributed by atoms with Crippen molar-refractivity contribution in [2.75, 3.05) is 0 Å². The second-order valence-electron chi connectivity index (χ2n) is 10.2. The quantitative estimate of drug-likeness (QED) is 0.0921. The van der Waals surface area contributed by atoms with Crippen molar-refractivity contribution in [1.29, 1.82) is 0 Å². The third-order valence-electron chi connectivity index (χ3n) is 6.76. The van der Waals surface area contributed by atoms with Crippen LogP contribution in [-0.2, 0) is 9.59 Å². The maximum absolute atomic E-state index is 12.0. The molecule has 0 aromatic heterocycles. The SMILES string of the molecule is CCCCCCCCCCCCCCCC(=O)CC(=O)CCCCCCCCCCCC. The third kappa shape index (κ3) is 25.6. The van der Waals surface area contributed by atoms with E-state index >= 15 is 0 Å². The molecule has 0 aromatic carbocycles. The van der Waals surface area contributed by atoms with E-state index in [0.717, 1.165) is 25.7 Å². The second kappa shape index (κ2) is 26.6. The third-order valence-corrected chi connectivity index (χ3v) is 6.76. The monoisotopic (exact) mass is 450 g/mol. The number of hydrogen-bond donors (Lipinski definition) is 0. The minimum Gasteiger partial charge on any atom is -0.299 e. The lowest BCUT2D eigenvalue weighted by Gasteiger charge is -2.04. The van der Waals surface area contributed by atoms with E-state index in [-0.39, 0.29) is 18.0 Å². The molecular formula is C30H58O2. The van der Waals surface area contributed by atoms with Crippen molar-refractivity contribution < 1.29 is 9.59 Å². The molecule has 190 valence electrons. The Labute approximate surface area is 202 Å². The lowest BCUT2D eigenvalue weighted by atomic mass is 10.0. The van der Waals surface area contributed by atoms with Gasteiger partial charge < -0.3 is 0 Å². The molecule has 0 amide bonds. The van der Waals surface area contributed by atoms with Gasteiger partial charge in [-0.15, -0.1) is 0 Å². The Morgan fingerprint density at radius 3 is 0.812 bits per heavy atom. The fraction of sp³-hybridized carbons (Fsp3) is 0.933. The van der Waals surface area contributed by atoms with E-state index in [1.54, 1.807) is 0 Å². The highest BCUT2D eigenvalue weighted by Gasteiger charge is 2.09. The molecule has 2 nitrogen and oxygen atoms in total. The summed E-state index contributed by atoms with van der Waals surface area (Å²) in [4.78, 5) is 24.0. The summed E-state index contributed by atoms with van der Waals surface area (Å²) < 4.78 is 0. The molecule has 0 radical (unpaired) electrons. The zero-order valence-corrected chi connectivity index (χ0v) is 22.2. The molecule has 0 aliphatic carbocycles. The standard InChI is InChI=1S/C30H58O2/c1-3-5-7-9-11-13-15-16-17-19-21-23-25-27-30(32)28-29(31)26-24-22-20-18-14-12-10-8-6-4-2/h3-28H2,1-2H3. The first kappa shape index (κ1) is 31.3. The highest BCUT2D eigenvalue weighted by atomic mass is 16.1. The zero-order valence-electron chi connectivity index (χ0n) is 22.2. The van der Waals surface area contributed by atoms with Crippen LogP contribution in [0.5, 0.6) is 0 Å². The molecular weight excluding hydrogens is 392 g/mol. The lowest BCUT2D eigenvalue weighted by molar-refractivity contribution is -0.127. The van der Waals surface area contributed by atoms with Crippen LogP contribution in [0, 0.1) is 0 Å². The average molecular weight is 451 g/mol. The van der Waals surface area contributed by atoms with Gasteiger partial charge in [-0.2, -0.15) is 0 Å². The molecule has 0 aromatic rings. The van der Waals surface area contributed by atoms with Crippen LogP contribution in [0.2, 0.25) is 0 Å². The minimum absolute atomic E-state index is 0.171. The lowest BCUT2D eigenvalue weighted by Crippen LogP contribution is -2.07. The van der Waals surface area contributed by atoms with Gasteiger partial charge in [-0.05, 0) is 12.8 Å². The van der Waals surface area contributed by atoms with Crippen molar-refractivity contribution >= 4 is 11.6 Å². The largest absolute Gasteiger partial charge is 0.299 e. The van der Waals surface area contributed by atoms with Gasteiger partial charge in [0, 0.05) is 12.8 Å². The Hall–Kier alpha value is -0.660. The van der Waals surface area contributed by atoms with E-state index in [9.17, 15) is 9.59 Å². The number of hydrogen-bond acceptors (Lipinski definition) is 2. The van der Waals surface area contributed by atoms with Gasteiger partial charge in [0.25, 0.3) is 0 Å². The molecule has 0 heterocycles. The van der Waals surface area contributed by atoms with Crippen LogP contribution in [0.25, 0.3) is 0 Å². The van der Waals surface area contributed by atoms with Gasteiger partial charge in [-0.1, -0.05) is 149 Å². The van der Waals surface area contributed by atoms with E-state index < -0.39 is 0 Å². The average Bonchev–Trinajstić information content (AvgIpc) is 2.78. The fourth-order valence-corrected chi connectivity index (χ4v) is 4.55. The Balaban J connectivity index is 3.30. The summed E-state index contributed by atoms with van der Waals surface area (Å²) in [5.74, 6) is 0.342. The predicted molar refractivity (Wildman–Crippen MR) is 141 cm³/mol. The van der Waals surface area contributed by atoms with Crippen LogP contribution >= 0.6 is 0 Å². The summed E-state index contributed by atoms with van der Waals surface area (Å²) in [5.41, 5.74) is 0. The summed E-state index contributed by atoms with van der Waals surface area (Å²) in [6, 6.07) is 0. The summed E-state index contributed by atoms with van der Waals surface area (Å²) in [6.45, 7) is 4.53. The summed E-state index contributed by atoms with van der Waals surface area (Å²) in [5, 5.41) is 0. The molecule has 0 N–H and O–H groups in total. The van der Waals surface area contributed by atoms with Gasteiger partial charge in [0.1, 0.15) is 11.6 Å². The first-order chi connectivity index (χ1) is 15.7. The summed E-state index contributed by atoms with van der Waals surface area (Å²) in [6.07, 6.45) is 31.4. The minimum atomic E-state index is 0.171. The van der Waals surface area contributed by atoms with E-state index in [1.807, 2.05) is 0 Å². The first-order valence-corrected chi connectivity index (χ1v) is 14.7. The molecule has 32 heavy (non-hydrogen) atoms. The van der Waals surface area contributed by atoms with Crippen LogP contribution in [0.3, 0.4) is 0 Å². The van der Waals surface area contributed by atoms with Crippen LogP contribution in [0.15, 0.2) is 0 Å². The van der Waals surface area contributed by atoms with Crippen molar-refractivity contribution in [2.45, 2.75) is 181 Å². The Kier molecular flexibility index (Phi) is 26.0. The van der Waals surface area contributed by atoms with Crippen molar-refractivity contribution in [1.82, 2.24) is 0 Å². The van der Waals surface area contributed by atoms with Crippen molar-refractivity contribution in [2.24, 2.45) is 0 Å². The summed E-state index contributed by atoms with van der Waals surface area (Å²) >= 11 is 0. The Morgan fingerprint density at radius 2 is 0.562 bits per heavy atom. The highest BCUT2D eigenvalue weighted by molar-refractivity contribution is 5.98. The molecule has 0 aliphatic heterocycles. The molecule has 2 heteroatoms. The molecule has 0 aliphatic rings. The number of carbonyl (C=O) groups is 2. The normalized spacial score (nSPS) is 11.2. The van der Waals surface area contributed by atoms with E-state index in [0.29, 0.717) is 12.8 Å². The van der Waals surface area contributed by atoms with E-state index in [4.69, 9.17) is 0 Å². The molecule has 0 saturated heterocycles. The number of Topliss-reactive ketones (excluding diaryl/α,β-unsaturated/α-hetero) is 2. The molecule has 0 spiro atoms.